The first-order chi connectivity index (χ1) is 12.9. The Hall–Kier alpha value is -2.08. The topological polar surface area (TPSA) is 75.9 Å². The fourth-order valence-electron chi connectivity index (χ4n) is 4.88. The van der Waals surface area contributed by atoms with E-state index >= 15 is 0 Å². The van der Waals surface area contributed by atoms with Crippen LogP contribution < -0.4 is 5.73 Å². The molecule has 2 amide bonds. The molecule has 148 valence electrons. The molecular weight excluding hydrogens is 342 g/mol. The van der Waals surface area contributed by atoms with E-state index in [2.05, 4.69) is 49.3 Å². The predicted molar refractivity (Wildman–Crippen MR) is 104 cm³/mol. The normalized spacial score (nSPS) is 28.1. The number of nitrogens with two attached hydrogens (primary N) is 1. The second kappa shape index (κ2) is 7.89. The Morgan fingerprint density at radius 3 is 2.44 bits per heavy atom. The summed E-state index contributed by atoms with van der Waals surface area (Å²) in [6.07, 6.45) is 4.76. The van der Waals surface area contributed by atoms with E-state index < -0.39 is 6.09 Å². The van der Waals surface area contributed by atoms with E-state index in [0.29, 0.717) is 19.4 Å². The van der Waals surface area contributed by atoms with E-state index in [1.165, 1.54) is 5.56 Å². The quantitative estimate of drug-likeness (QED) is 0.778. The van der Waals surface area contributed by atoms with Crippen LogP contribution in [0, 0.1) is 5.41 Å². The van der Waals surface area contributed by atoms with Gasteiger partial charge in [0, 0.05) is 25.0 Å². The predicted octanol–water partition coefficient (Wildman–Crippen LogP) is 2.72. The Morgan fingerprint density at radius 1 is 1.19 bits per heavy atom. The summed E-state index contributed by atoms with van der Waals surface area (Å²) < 4.78 is 4.77. The molecule has 1 aliphatic heterocycles. The number of likely N-dealkylation sites (tertiary alicyclic amines) is 1. The van der Waals surface area contributed by atoms with Crippen LogP contribution >= 0.6 is 0 Å². The smallest absolute Gasteiger partial charge is 0.404 e. The molecule has 1 aliphatic carbocycles. The van der Waals surface area contributed by atoms with Crippen molar-refractivity contribution in [3.8, 4) is 0 Å². The fraction of sp³-hybridized carbons (Fsp3) is 0.619. The first-order valence-electron chi connectivity index (χ1n) is 9.80. The molecule has 1 aromatic carbocycles. The number of ether oxygens (including phenoxy) is 1. The summed E-state index contributed by atoms with van der Waals surface area (Å²) in [4.78, 5) is 27.5. The van der Waals surface area contributed by atoms with Gasteiger partial charge in [-0.25, -0.2) is 4.79 Å². The average Bonchev–Trinajstić information content (AvgIpc) is 2.95. The number of hydrogen-bond acceptors (Lipinski definition) is 4. The lowest BCUT2D eigenvalue weighted by molar-refractivity contribution is -0.128. The van der Waals surface area contributed by atoms with Crippen LogP contribution in [0.5, 0.6) is 0 Å². The van der Waals surface area contributed by atoms with Crippen molar-refractivity contribution in [2.45, 2.75) is 44.1 Å². The highest BCUT2D eigenvalue weighted by atomic mass is 16.5. The summed E-state index contributed by atoms with van der Waals surface area (Å²) in [7, 11) is 4.33. The van der Waals surface area contributed by atoms with E-state index in [1.807, 2.05) is 4.90 Å². The van der Waals surface area contributed by atoms with Gasteiger partial charge in [-0.15, -0.1) is 0 Å². The third-order valence-corrected chi connectivity index (χ3v) is 6.53. The monoisotopic (exact) mass is 373 g/mol. The highest BCUT2D eigenvalue weighted by molar-refractivity contribution is 5.79. The highest BCUT2D eigenvalue weighted by Gasteiger charge is 2.49. The van der Waals surface area contributed by atoms with E-state index in [1.54, 1.807) is 0 Å². The van der Waals surface area contributed by atoms with Crippen LogP contribution in [0.2, 0.25) is 0 Å². The molecule has 1 spiro atoms. The summed E-state index contributed by atoms with van der Waals surface area (Å²) in [5, 5.41) is 0. The maximum Gasteiger partial charge on any atom is 0.404 e. The summed E-state index contributed by atoms with van der Waals surface area (Å²) in [5.41, 5.74) is 6.49. The minimum absolute atomic E-state index is 0.0539. The van der Waals surface area contributed by atoms with Crippen molar-refractivity contribution < 1.29 is 14.3 Å². The number of primary amides is 1. The van der Waals surface area contributed by atoms with E-state index in [4.69, 9.17) is 10.5 Å². The molecule has 1 heterocycles. The van der Waals surface area contributed by atoms with Crippen LogP contribution in [0.4, 0.5) is 4.79 Å². The molecule has 2 fully saturated rings. The van der Waals surface area contributed by atoms with Gasteiger partial charge in [-0.1, -0.05) is 30.3 Å². The molecule has 2 aliphatic rings. The van der Waals surface area contributed by atoms with E-state index in [9.17, 15) is 9.59 Å². The molecule has 0 radical (unpaired) electrons. The van der Waals surface area contributed by atoms with Crippen molar-refractivity contribution >= 4 is 12.0 Å². The lowest BCUT2D eigenvalue weighted by Gasteiger charge is -2.48. The number of benzene rings is 1. The molecule has 6 heteroatoms. The molecule has 3 rings (SSSR count). The Morgan fingerprint density at radius 2 is 1.85 bits per heavy atom. The molecule has 0 atom stereocenters. The first kappa shape index (κ1) is 19.7. The summed E-state index contributed by atoms with van der Waals surface area (Å²) in [6, 6.07) is 10.7. The van der Waals surface area contributed by atoms with Crippen LogP contribution in [0.3, 0.4) is 0 Å². The van der Waals surface area contributed by atoms with Crippen LogP contribution in [0.1, 0.15) is 44.1 Å². The number of hydrogen-bond donors (Lipinski definition) is 1. The van der Waals surface area contributed by atoms with Crippen LogP contribution in [0.25, 0.3) is 0 Å². The Bertz CT molecular complexity index is 667. The van der Waals surface area contributed by atoms with Crippen LogP contribution in [0.15, 0.2) is 30.3 Å². The van der Waals surface area contributed by atoms with Gasteiger partial charge < -0.3 is 15.4 Å². The third kappa shape index (κ3) is 4.10. The highest BCUT2D eigenvalue weighted by Crippen LogP contribution is 2.52. The molecule has 2 N–H and O–H groups in total. The SMILES string of the molecule is CN(C)[C@]1(c2ccccc2)CC[C@@]2(CC1)CC(=O)N(CCCOC(N)=O)C2. The van der Waals surface area contributed by atoms with Gasteiger partial charge in [0.1, 0.15) is 0 Å². The zero-order valence-electron chi connectivity index (χ0n) is 16.4. The fourth-order valence-corrected chi connectivity index (χ4v) is 4.88. The third-order valence-electron chi connectivity index (χ3n) is 6.53. The lowest BCUT2D eigenvalue weighted by Crippen LogP contribution is -2.47. The Balaban J connectivity index is 1.62. The van der Waals surface area contributed by atoms with E-state index in [-0.39, 0.29) is 23.5 Å². The second-order valence-electron chi connectivity index (χ2n) is 8.31. The molecule has 0 aromatic heterocycles. The van der Waals surface area contributed by atoms with Crippen molar-refractivity contribution in [3.05, 3.63) is 35.9 Å². The van der Waals surface area contributed by atoms with Gasteiger partial charge in [-0.3, -0.25) is 9.69 Å². The molecule has 0 bridgehead atoms. The van der Waals surface area contributed by atoms with E-state index in [0.717, 1.165) is 32.2 Å². The van der Waals surface area contributed by atoms with Crippen molar-refractivity contribution in [3.63, 3.8) is 0 Å². The summed E-state index contributed by atoms with van der Waals surface area (Å²) in [6.45, 7) is 1.72. The van der Waals surface area contributed by atoms with Crippen molar-refractivity contribution in [2.24, 2.45) is 11.1 Å². The maximum atomic E-state index is 12.5. The Labute approximate surface area is 161 Å². The average molecular weight is 373 g/mol. The minimum atomic E-state index is -0.757. The van der Waals surface area contributed by atoms with Gasteiger partial charge in [0.25, 0.3) is 0 Å². The molecule has 27 heavy (non-hydrogen) atoms. The zero-order valence-corrected chi connectivity index (χ0v) is 16.4. The molecule has 1 saturated heterocycles. The maximum absolute atomic E-state index is 12.5. The molecule has 1 aromatic rings. The number of rotatable bonds is 6. The zero-order chi connectivity index (χ0) is 19.5. The van der Waals surface area contributed by atoms with Crippen LogP contribution in [-0.2, 0) is 15.1 Å². The Kier molecular flexibility index (Phi) is 5.75. The van der Waals surface area contributed by atoms with Crippen LogP contribution in [-0.4, -0.2) is 55.6 Å². The molecule has 0 unspecified atom stereocenters. The van der Waals surface area contributed by atoms with Gasteiger partial charge in [0.05, 0.1) is 6.61 Å². The number of nitrogens with zero attached hydrogens (tertiary/aromatic N) is 2. The number of carbonyl (C=O) groups is 2. The molecule has 1 saturated carbocycles. The number of amides is 2. The van der Waals surface area contributed by atoms with Crippen molar-refractivity contribution in [2.75, 3.05) is 33.8 Å². The standard InChI is InChI=1S/C21H31N3O3/c1-23(2)21(17-7-4-3-5-8-17)11-9-20(10-12-21)15-18(25)24(16-20)13-6-14-27-19(22)26/h3-5,7-8H,6,9-16H2,1-2H3,(H2,22,26)/t20-,21-. The van der Waals surface area contributed by atoms with Gasteiger partial charge in [0.15, 0.2) is 0 Å². The number of carbonyl (C=O) groups excluding carboxylic acids is 2. The second-order valence-corrected chi connectivity index (χ2v) is 8.31. The van der Waals surface area contributed by atoms with Gasteiger partial charge in [-0.05, 0) is 57.2 Å². The van der Waals surface area contributed by atoms with Gasteiger partial charge >= 0.3 is 6.09 Å². The largest absolute Gasteiger partial charge is 0.450 e. The first-order valence-corrected chi connectivity index (χ1v) is 9.80. The summed E-state index contributed by atoms with van der Waals surface area (Å²) in [5.74, 6) is 0.228. The molecular formula is C21H31N3O3. The van der Waals surface area contributed by atoms with Gasteiger partial charge in [-0.2, -0.15) is 0 Å². The lowest BCUT2D eigenvalue weighted by atomic mass is 9.64. The summed E-state index contributed by atoms with van der Waals surface area (Å²) >= 11 is 0. The molecule has 6 nitrogen and oxygen atoms in total. The van der Waals surface area contributed by atoms with Crippen molar-refractivity contribution in [1.29, 1.82) is 0 Å². The van der Waals surface area contributed by atoms with Gasteiger partial charge in [0.2, 0.25) is 5.91 Å². The van der Waals surface area contributed by atoms with Crippen molar-refractivity contribution in [1.82, 2.24) is 9.80 Å². The minimum Gasteiger partial charge on any atom is -0.450 e.